The normalized spacial score (nSPS) is 35.3. The molecule has 0 aromatic rings. The first-order chi connectivity index (χ1) is 9.17. The Kier molecular flexibility index (Phi) is 3.91. The zero-order valence-electron chi connectivity index (χ0n) is 13.3. The van der Waals surface area contributed by atoms with Crippen LogP contribution in [0.25, 0.3) is 0 Å². The topological polar surface area (TPSA) is 73.6 Å². The van der Waals surface area contributed by atoms with Gasteiger partial charge in [0.05, 0.1) is 11.7 Å². The first-order valence-electron chi connectivity index (χ1n) is 7.49. The lowest BCUT2D eigenvalue weighted by Gasteiger charge is -2.60. The van der Waals surface area contributed by atoms with Crippen molar-refractivity contribution in [3.05, 3.63) is 0 Å². The molecule has 20 heavy (non-hydrogen) atoms. The van der Waals surface area contributed by atoms with Crippen LogP contribution in [0, 0.1) is 11.3 Å². The maximum atomic E-state index is 12.6. The molecular weight excluding hydrogens is 256 g/mol. The molecule has 3 N–H and O–H groups in total. The van der Waals surface area contributed by atoms with Crippen molar-refractivity contribution in [2.75, 3.05) is 19.8 Å². The van der Waals surface area contributed by atoms with E-state index < -0.39 is 5.54 Å². The Labute approximate surface area is 121 Å². The highest BCUT2D eigenvalue weighted by Gasteiger charge is 2.71. The van der Waals surface area contributed by atoms with Crippen molar-refractivity contribution in [2.24, 2.45) is 17.1 Å². The first-order valence-corrected chi connectivity index (χ1v) is 7.49. The van der Waals surface area contributed by atoms with E-state index in [0.717, 1.165) is 6.42 Å². The minimum atomic E-state index is -0.837. The molecule has 1 amide bonds. The monoisotopic (exact) mass is 284 g/mol. The molecule has 3 unspecified atom stereocenters. The van der Waals surface area contributed by atoms with Crippen LogP contribution in [-0.4, -0.2) is 42.9 Å². The summed E-state index contributed by atoms with van der Waals surface area (Å²) in [6.45, 7) is 11.7. The average Bonchev–Trinajstić information content (AvgIpc) is 2.83. The van der Waals surface area contributed by atoms with E-state index >= 15 is 0 Å². The Morgan fingerprint density at radius 3 is 2.75 bits per heavy atom. The van der Waals surface area contributed by atoms with Gasteiger partial charge in [0.25, 0.3) is 0 Å². The van der Waals surface area contributed by atoms with Crippen LogP contribution in [0.3, 0.4) is 0 Å². The molecule has 2 rings (SSSR count). The summed E-state index contributed by atoms with van der Waals surface area (Å²) in [5, 5.41) is 2.97. The largest absolute Gasteiger partial charge is 0.377 e. The van der Waals surface area contributed by atoms with Gasteiger partial charge in [0, 0.05) is 31.1 Å². The van der Waals surface area contributed by atoms with Gasteiger partial charge in [0.15, 0.2) is 0 Å². The van der Waals surface area contributed by atoms with Gasteiger partial charge in [-0.25, -0.2) is 0 Å². The molecule has 0 aromatic carbocycles. The van der Waals surface area contributed by atoms with E-state index in [2.05, 4.69) is 5.32 Å². The summed E-state index contributed by atoms with van der Waals surface area (Å²) in [5.74, 6) is 0.0507. The lowest BCUT2D eigenvalue weighted by Crippen LogP contribution is -2.80. The molecule has 1 saturated heterocycles. The summed E-state index contributed by atoms with van der Waals surface area (Å²) >= 11 is 0. The van der Waals surface area contributed by atoms with E-state index in [4.69, 9.17) is 15.2 Å². The van der Waals surface area contributed by atoms with Crippen molar-refractivity contribution >= 4 is 5.91 Å². The highest BCUT2D eigenvalue weighted by Crippen LogP contribution is 2.58. The van der Waals surface area contributed by atoms with Crippen molar-refractivity contribution < 1.29 is 14.3 Å². The second-order valence-electron chi connectivity index (χ2n) is 7.15. The zero-order chi connectivity index (χ0) is 15.2. The second-order valence-corrected chi connectivity index (χ2v) is 7.15. The van der Waals surface area contributed by atoms with Crippen LogP contribution in [0.4, 0.5) is 0 Å². The fourth-order valence-corrected chi connectivity index (χ4v) is 3.73. The molecule has 5 heteroatoms. The maximum absolute atomic E-state index is 12.6. The number of carbonyl (C=O) groups excluding carboxylic acids is 1. The van der Waals surface area contributed by atoms with Crippen LogP contribution in [0.5, 0.6) is 0 Å². The summed E-state index contributed by atoms with van der Waals surface area (Å²) in [6, 6.07) is 0. The summed E-state index contributed by atoms with van der Waals surface area (Å²) in [5.41, 5.74) is 4.94. The minimum absolute atomic E-state index is 0.0815. The van der Waals surface area contributed by atoms with Crippen molar-refractivity contribution in [3.8, 4) is 0 Å². The van der Waals surface area contributed by atoms with E-state index in [1.54, 1.807) is 0 Å². The molecule has 5 nitrogen and oxygen atoms in total. The van der Waals surface area contributed by atoms with Crippen molar-refractivity contribution in [2.45, 2.75) is 58.3 Å². The number of fused-ring (bicyclic) bond motifs is 1. The number of hydrogen-bond donors (Lipinski definition) is 2. The lowest BCUT2D eigenvalue weighted by atomic mass is 9.48. The molecule has 2 aliphatic rings. The van der Waals surface area contributed by atoms with Gasteiger partial charge in [-0.3, -0.25) is 4.79 Å². The highest BCUT2D eigenvalue weighted by atomic mass is 16.5. The molecular formula is C15H28N2O3. The molecule has 1 heterocycles. The number of ether oxygens (including phenoxy) is 2. The number of nitrogens with two attached hydrogens (primary N) is 1. The maximum Gasteiger partial charge on any atom is 0.241 e. The van der Waals surface area contributed by atoms with E-state index in [1.807, 2.05) is 34.6 Å². The molecule has 0 radical (unpaired) electrons. The molecule has 1 saturated carbocycles. The van der Waals surface area contributed by atoms with E-state index in [-0.39, 0.29) is 28.9 Å². The zero-order valence-corrected chi connectivity index (χ0v) is 13.3. The second kappa shape index (κ2) is 4.97. The lowest BCUT2D eigenvalue weighted by molar-refractivity contribution is -0.176. The van der Waals surface area contributed by atoms with Crippen LogP contribution in [0.1, 0.15) is 41.0 Å². The van der Waals surface area contributed by atoms with Gasteiger partial charge in [-0.1, -0.05) is 13.8 Å². The predicted molar refractivity (Wildman–Crippen MR) is 77.3 cm³/mol. The number of amides is 1. The van der Waals surface area contributed by atoms with E-state index in [0.29, 0.717) is 19.8 Å². The summed E-state index contributed by atoms with van der Waals surface area (Å²) in [7, 11) is 0. The highest BCUT2D eigenvalue weighted by molar-refractivity contribution is 5.89. The van der Waals surface area contributed by atoms with Crippen molar-refractivity contribution in [3.63, 3.8) is 0 Å². The van der Waals surface area contributed by atoms with Gasteiger partial charge in [0.1, 0.15) is 5.54 Å². The van der Waals surface area contributed by atoms with Gasteiger partial charge in [-0.05, 0) is 27.2 Å². The predicted octanol–water partition coefficient (Wildman–Crippen LogP) is 1.06. The number of hydrogen-bond acceptors (Lipinski definition) is 4. The fourth-order valence-electron chi connectivity index (χ4n) is 3.73. The molecule has 2 fully saturated rings. The van der Waals surface area contributed by atoms with Crippen LogP contribution in [0.2, 0.25) is 0 Å². The van der Waals surface area contributed by atoms with Crippen LogP contribution >= 0.6 is 0 Å². The Bertz CT molecular complexity index is 395. The van der Waals surface area contributed by atoms with Crippen LogP contribution in [0.15, 0.2) is 0 Å². The summed E-state index contributed by atoms with van der Waals surface area (Å²) in [4.78, 5) is 12.6. The quantitative estimate of drug-likeness (QED) is 0.792. The van der Waals surface area contributed by atoms with Crippen molar-refractivity contribution in [1.82, 2.24) is 5.32 Å². The standard InChI is InChI=1S/C15H28N2O3/c1-6-20-13(2,3)9-17-12(18)15(16)10-7-8-19-11(10)14(15,4)5/h10-11H,6-9,16H2,1-5H3,(H,17,18). The van der Waals surface area contributed by atoms with E-state index in [1.165, 1.54) is 0 Å². The van der Waals surface area contributed by atoms with Gasteiger partial charge in [-0.15, -0.1) is 0 Å². The molecule has 3 atom stereocenters. The van der Waals surface area contributed by atoms with Gasteiger partial charge in [0.2, 0.25) is 5.91 Å². The third-order valence-corrected chi connectivity index (χ3v) is 5.04. The van der Waals surface area contributed by atoms with Gasteiger partial charge < -0.3 is 20.5 Å². The van der Waals surface area contributed by atoms with E-state index in [9.17, 15) is 4.79 Å². The Morgan fingerprint density at radius 2 is 2.15 bits per heavy atom. The minimum Gasteiger partial charge on any atom is -0.377 e. The molecule has 116 valence electrons. The Hall–Kier alpha value is -0.650. The van der Waals surface area contributed by atoms with Crippen LogP contribution in [-0.2, 0) is 14.3 Å². The molecule has 0 aromatic heterocycles. The number of rotatable bonds is 5. The van der Waals surface area contributed by atoms with Crippen LogP contribution < -0.4 is 11.1 Å². The molecule has 1 aliphatic carbocycles. The van der Waals surface area contributed by atoms with Gasteiger partial charge in [-0.2, -0.15) is 0 Å². The molecule has 0 spiro atoms. The smallest absolute Gasteiger partial charge is 0.241 e. The molecule has 0 bridgehead atoms. The first kappa shape index (κ1) is 15.7. The van der Waals surface area contributed by atoms with Crippen molar-refractivity contribution in [1.29, 1.82) is 0 Å². The summed E-state index contributed by atoms with van der Waals surface area (Å²) < 4.78 is 11.3. The SMILES string of the molecule is CCOC(C)(C)CNC(=O)C1(N)C2CCOC2C1(C)C. The number of carbonyl (C=O) groups is 1. The summed E-state index contributed by atoms with van der Waals surface area (Å²) in [6.07, 6.45) is 0.977. The fraction of sp³-hybridized carbons (Fsp3) is 0.933. The third kappa shape index (κ3) is 2.16. The number of nitrogens with one attached hydrogen (secondary N) is 1. The molecule has 1 aliphatic heterocycles. The third-order valence-electron chi connectivity index (χ3n) is 5.04. The van der Waals surface area contributed by atoms with Gasteiger partial charge >= 0.3 is 0 Å². The average molecular weight is 284 g/mol. The Morgan fingerprint density at radius 1 is 1.50 bits per heavy atom. The Balaban J connectivity index is 2.02.